The second-order valence-corrected chi connectivity index (χ2v) is 6.97. The van der Waals surface area contributed by atoms with Crippen molar-refractivity contribution in [1.82, 2.24) is 4.90 Å². The van der Waals surface area contributed by atoms with Crippen LogP contribution in [-0.4, -0.2) is 42.9 Å². The maximum absolute atomic E-state index is 12.5. The van der Waals surface area contributed by atoms with E-state index in [4.69, 9.17) is 0 Å². The van der Waals surface area contributed by atoms with Crippen molar-refractivity contribution in [3.63, 3.8) is 0 Å². The van der Waals surface area contributed by atoms with E-state index in [1.54, 1.807) is 41.3 Å². The Kier molecular flexibility index (Phi) is 4.47. The summed E-state index contributed by atoms with van der Waals surface area (Å²) in [5.74, 6) is -0.371. The summed E-state index contributed by atoms with van der Waals surface area (Å²) in [6, 6.07) is 18.0. The molecule has 0 N–H and O–H groups in total. The molecule has 4 nitrogen and oxygen atoms in total. The number of benzene rings is 2. The molecule has 2 amide bonds. The third-order valence-corrected chi connectivity index (χ3v) is 5.27. The van der Waals surface area contributed by atoms with Crippen molar-refractivity contribution in [3.05, 3.63) is 71.8 Å². The van der Waals surface area contributed by atoms with Gasteiger partial charge in [0.05, 0.1) is 0 Å². The van der Waals surface area contributed by atoms with E-state index in [0.717, 1.165) is 5.32 Å². The predicted molar refractivity (Wildman–Crippen MR) is 86.2 cm³/mol. The van der Waals surface area contributed by atoms with Crippen LogP contribution in [0.5, 0.6) is 0 Å². The number of carbonyl (C=O) groups is 2. The summed E-state index contributed by atoms with van der Waals surface area (Å²) < 4.78 is 0.621. The van der Waals surface area contributed by atoms with Gasteiger partial charge in [-0.15, -0.1) is 0 Å². The van der Waals surface area contributed by atoms with Crippen molar-refractivity contribution in [2.45, 2.75) is 5.32 Å². The average molecular weight is 357 g/mol. The van der Waals surface area contributed by atoms with Crippen molar-refractivity contribution in [1.29, 1.82) is 0 Å². The first kappa shape index (κ1) is 14.7. The van der Waals surface area contributed by atoms with E-state index in [-0.39, 0.29) is 26.8 Å². The fourth-order valence-electron chi connectivity index (χ4n) is 2.15. The van der Waals surface area contributed by atoms with Crippen LogP contribution in [0, 0.1) is 0 Å². The number of rotatable bonds is 2. The zero-order valence-electron chi connectivity index (χ0n) is 11.8. The Morgan fingerprint density at radius 1 is 0.909 bits per heavy atom. The van der Waals surface area contributed by atoms with E-state index in [9.17, 15) is 9.59 Å². The molecule has 110 valence electrons. The third kappa shape index (κ3) is 3.16. The van der Waals surface area contributed by atoms with Crippen LogP contribution in [0.4, 0.5) is 0 Å². The number of carbonyl (C=O) groups excluding carboxylic acids is 2. The minimum absolute atomic E-state index is 0.0644. The van der Waals surface area contributed by atoms with Gasteiger partial charge in [-0.2, -0.15) is 0 Å². The van der Waals surface area contributed by atoms with Crippen molar-refractivity contribution in [2.75, 3.05) is 6.54 Å². The van der Waals surface area contributed by atoms with Crippen LogP contribution in [0.3, 0.4) is 0 Å². The molecule has 3 rings (SSSR count). The number of nitrogens with zero attached hydrogens (tertiary/aromatic N) is 2. The Morgan fingerprint density at radius 2 is 1.50 bits per heavy atom. The molecule has 1 saturated heterocycles. The van der Waals surface area contributed by atoms with Gasteiger partial charge in [-0.25, -0.2) is 0 Å². The first-order valence-corrected chi connectivity index (χ1v) is 9.00. The van der Waals surface area contributed by atoms with Gasteiger partial charge in [0.2, 0.25) is 0 Å². The molecule has 2 aromatic carbocycles. The van der Waals surface area contributed by atoms with Crippen LogP contribution in [0.15, 0.2) is 65.7 Å². The predicted octanol–water partition coefficient (Wildman–Crippen LogP) is 2.46. The molecular weight excluding hydrogens is 343 g/mol. The zero-order valence-corrected chi connectivity index (χ0v) is 13.5. The number of hydrogen-bond acceptors (Lipinski definition) is 2. The zero-order chi connectivity index (χ0) is 15.4. The summed E-state index contributed by atoms with van der Waals surface area (Å²) in [7, 11) is 0. The summed E-state index contributed by atoms with van der Waals surface area (Å²) in [6.45, 7) is 0.634. The molecule has 1 aliphatic heterocycles. The topological polar surface area (TPSA) is 49.7 Å². The Bertz CT molecular complexity index is 714. The van der Waals surface area contributed by atoms with E-state index < -0.39 is 0 Å². The van der Waals surface area contributed by atoms with Gasteiger partial charge in [-0.05, 0) is 0 Å². The van der Waals surface area contributed by atoms with Gasteiger partial charge in [0, 0.05) is 0 Å². The van der Waals surface area contributed by atoms with Gasteiger partial charge in [-0.3, -0.25) is 0 Å². The fraction of sp³-hybridized carbons (Fsp3) is 0.118. The van der Waals surface area contributed by atoms with Gasteiger partial charge in [0.25, 0.3) is 0 Å². The van der Waals surface area contributed by atoms with Crippen LogP contribution in [0.2, 0.25) is 5.32 Å². The average Bonchev–Trinajstić information content (AvgIpc) is 3.04. The third-order valence-electron chi connectivity index (χ3n) is 3.26. The number of aliphatic imine (C=N–C) groups is 1. The first-order chi connectivity index (χ1) is 10.8. The normalized spacial score (nSPS) is 16.0. The molecule has 0 radical (unpaired) electrons. The quantitative estimate of drug-likeness (QED) is 0.776. The van der Waals surface area contributed by atoms with Gasteiger partial charge in [0.1, 0.15) is 0 Å². The molecule has 0 aromatic heterocycles. The molecule has 1 aliphatic rings. The van der Waals surface area contributed by atoms with Gasteiger partial charge in [-0.1, -0.05) is 0 Å². The fourth-order valence-corrected chi connectivity index (χ4v) is 4.11. The van der Waals surface area contributed by atoms with Crippen LogP contribution < -0.4 is 0 Å². The van der Waals surface area contributed by atoms with Gasteiger partial charge >= 0.3 is 135 Å². The van der Waals surface area contributed by atoms with Crippen molar-refractivity contribution < 1.29 is 9.59 Å². The summed E-state index contributed by atoms with van der Waals surface area (Å²) in [5, 5.41) is 0.895. The van der Waals surface area contributed by atoms with Crippen LogP contribution in [0.1, 0.15) is 20.7 Å². The van der Waals surface area contributed by atoms with E-state index in [0.29, 0.717) is 22.4 Å². The van der Waals surface area contributed by atoms with Crippen molar-refractivity contribution >= 4 is 31.5 Å². The molecule has 0 spiro atoms. The van der Waals surface area contributed by atoms with E-state index in [2.05, 4.69) is 4.99 Å². The SMILES string of the molecule is O=C(/N=C1/[Se]CCN1C(=O)c1ccccc1)c1ccccc1. The summed E-state index contributed by atoms with van der Waals surface area (Å²) in [4.78, 5) is 30.5. The second kappa shape index (κ2) is 6.69. The number of amides is 2. The summed E-state index contributed by atoms with van der Waals surface area (Å²) in [5.41, 5.74) is 1.17. The first-order valence-electron chi connectivity index (χ1n) is 6.93. The number of amidine groups is 1. The Morgan fingerprint density at radius 3 is 2.14 bits per heavy atom. The molecule has 1 heterocycles. The van der Waals surface area contributed by atoms with E-state index in [1.807, 2.05) is 24.3 Å². The van der Waals surface area contributed by atoms with Crippen LogP contribution >= 0.6 is 0 Å². The maximum atomic E-state index is 12.5. The molecular formula is C17H14N2O2Se. The molecule has 0 unspecified atom stereocenters. The molecule has 0 bridgehead atoms. The Balaban J connectivity index is 1.83. The van der Waals surface area contributed by atoms with Crippen molar-refractivity contribution in [2.24, 2.45) is 4.99 Å². The van der Waals surface area contributed by atoms with Gasteiger partial charge in [0.15, 0.2) is 0 Å². The van der Waals surface area contributed by atoms with E-state index >= 15 is 0 Å². The summed E-state index contributed by atoms with van der Waals surface area (Å²) >= 11 is 0.0644. The molecule has 0 saturated carbocycles. The van der Waals surface area contributed by atoms with Crippen LogP contribution in [0.25, 0.3) is 0 Å². The standard InChI is InChI=1S/C17H14N2O2Se/c20-15(13-7-3-1-4-8-13)18-17-19(11-12-22-17)16(21)14-9-5-2-6-10-14/h1-10H,11-12H2/b18-17+. The monoisotopic (exact) mass is 358 g/mol. The number of hydrogen-bond donors (Lipinski definition) is 0. The molecule has 22 heavy (non-hydrogen) atoms. The summed E-state index contributed by atoms with van der Waals surface area (Å²) in [6.07, 6.45) is 0. The Hall–Kier alpha value is -2.23. The molecule has 1 fully saturated rings. The Labute approximate surface area is 135 Å². The van der Waals surface area contributed by atoms with Gasteiger partial charge < -0.3 is 0 Å². The minimum atomic E-state index is -0.287. The second-order valence-electron chi connectivity index (χ2n) is 4.74. The molecule has 0 atom stereocenters. The van der Waals surface area contributed by atoms with Crippen LogP contribution in [-0.2, 0) is 0 Å². The molecule has 5 heteroatoms. The van der Waals surface area contributed by atoms with Crippen molar-refractivity contribution in [3.8, 4) is 0 Å². The molecule has 0 aliphatic carbocycles. The van der Waals surface area contributed by atoms with E-state index in [1.165, 1.54) is 0 Å². The molecule has 2 aromatic rings.